The monoisotopic (exact) mass is 648 g/mol. The van der Waals surface area contributed by atoms with Gasteiger partial charge in [0.1, 0.15) is 11.2 Å². The molecule has 0 aliphatic heterocycles. The fourth-order valence-corrected chi connectivity index (χ4v) is 8.07. The van der Waals surface area contributed by atoms with Crippen LogP contribution < -0.4 is 0 Å². The predicted octanol–water partition coefficient (Wildman–Crippen LogP) is 14.2. The minimum absolute atomic E-state index is 0.894. The molecule has 9 aromatic carbocycles. The van der Waals surface area contributed by atoms with Crippen molar-refractivity contribution in [1.29, 1.82) is 0 Å². The number of hydrogen-bond acceptors (Lipinski definition) is 1. The van der Waals surface area contributed by atoms with Crippen LogP contribution in [0.25, 0.3) is 99.1 Å². The summed E-state index contributed by atoms with van der Waals surface area (Å²) in [5, 5.41) is 7.15. The largest absolute Gasteiger partial charge is 0.456 e. The van der Waals surface area contributed by atoms with Crippen LogP contribution in [0.2, 0.25) is 0 Å². The molecular weight excluding hydrogens is 617 g/mol. The minimum atomic E-state index is 0.894. The first-order valence-electron chi connectivity index (χ1n) is 17.5. The van der Waals surface area contributed by atoms with Crippen LogP contribution in [0, 0.1) is 0 Å². The molecule has 0 saturated heterocycles. The van der Waals surface area contributed by atoms with Gasteiger partial charge in [-0.3, -0.25) is 0 Å². The highest BCUT2D eigenvalue weighted by molar-refractivity contribution is 6.27. The van der Waals surface area contributed by atoms with E-state index in [1.807, 2.05) is 0 Å². The summed E-state index contributed by atoms with van der Waals surface area (Å²) in [7, 11) is 0. The van der Waals surface area contributed by atoms with E-state index in [1.54, 1.807) is 0 Å². The standard InChI is InChI=1S/C50H32O/c1-4-16-33(17-5-1)36-30-31-43-46(32-36)51-45-29-15-28-44(48(43)45)47-39-22-10-12-24-41(39)50(42-25-13-11-23-40(42)47)49-37(34-18-6-2-7-19-34)26-14-27-38(49)35-20-8-3-9-21-35/h1-32H. The van der Waals surface area contributed by atoms with Gasteiger partial charge in [-0.05, 0) is 95.4 Å². The van der Waals surface area contributed by atoms with Gasteiger partial charge in [0.15, 0.2) is 0 Å². The number of furan rings is 1. The van der Waals surface area contributed by atoms with Crippen molar-refractivity contribution in [2.45, 2.75) is 0 Å². The van der Waals surface area contributed by atoms with Gasteiger partial charge in [-0.1, -0.05) is 176 Å². The van der Waals surface area contributed by atoms with Crippen molar-refractivity contribution in [2.24, 2.45) is 0 Å². The summed E-state index contributed by atoms with van der Waals surface area (Å²) in [5.41, 5.74) is 13.9. The zero-order valence-corrected chi connectivity index (χ0v) is 27.9. The molecule has 1 heteroatoms. The quantitative estimate of drug-likeness (QED) is 0.169. The van der Waals surface area contributed by atoms with Crippen molar-refractivity contribution >= 4 is 43.5 Å². The fraction of sp³-hybridized carbons (Fsp3) is 0. The van der Waals surface area contributed by atoms with Gasteiger partial charge in [0.25, 0.3) is 0 Å². The van der Waals surface area contributed by atoms with Crippen molar-refractivity contribution in [3.05, 3.63) is 194 Å². The zero-order valence-electron chi connectivity index (χ0n) is 27.9. The molecule has 0 radical (unpaired) electrons. The van der Waals surface area contributed by atoms with Crippen LogP contribution in [0.15, 0.2) is 199 Å². The van der Waals surface area contributed by atoms with Gasteiger partial charge in [-0.15, -0.1) is 0 Å². The lowest BCUT2D eigenvalue weighted by molar-refractivity contribution is 0.669. The average molecular weight is 649 g/mol. The molecule has 1 aromatic heterocycles. The predicted molar refractivity (Wildman–Crippen MR) is 216 cm³/mol. The first-order chi connectivity index (χ1) is 25.3. The molecule has 0 amide bonds. The van der Waals surface area contributed by atoms with E-state index in [0.717, 1.165) is 27.5 Å². The number of fused-ring (bicyclic) bond motifs is 5. The van der Waals surface area contributed by atoms with Crippen LogP contribution in [0.3, 0.4) is 0 Å². The first kappa shape index (κ1) is 29.2. The highest BCUT2D eigenvalue weighted by Gasteiger charge is 2.23. The smallest absolute Gasteiger partial charge is 0.136 e. The zero-order chi connectivity index (χ0) is 33.7. The Kier molecular flexibility index (Phi) is 6.89. The summed E-state index contributed by atoms with van der Waals surface area (Å²) in [5.74, 6) is 0. The third-order valence-electron chi connectivity index (χ3n) is 10.3. The van der Waals surface area contributed by atoms with Crippen molar-refractivity contribution in [2.75, 3.05) is 0 Å². The van der Waals surface area contributed by atoms with Crippen molar-refractivity contribution in [1.82, 2.24) is 0 Å². The normalized spacial score (nSPS) is 11.5. The van der Waals surface area contributed by atoms with Crippen molar-refractivity contribution in [3.8, 4) is 55.6 Å². The Labute approximate surface area is 296 Å². The van der Waals surface area contributed by atoms with E-state index in [0.29, 0.717) is 0 Å². The Bertz CT molecular complexity index is 2770. The maximum absolute atomic E-state index is 6.62. The minimum Gasteiger partial charge on any atom is -0.456 e. The third-order valence-corrected chi connectivity index (χ3v) is 10.3. The number of benzene rings is 9. The van der Waals surface area contributed by atoms with Crippen LogP contribution >= 0.6 is 0 Å². The molecule has 0 bridgehead atoms. The molecule has 0 spiro atoms. The molecule has 0 fully saturated rings. The fourth-order valence-electron chi connectivity index (χ4n) is 8.07. The van der Waals surface area contributed by atoms with Crippen molar-refractivity contribution in [3.63, 3.8) is 0 Å². The Morgan fingerprint density at radius 1 is 0.255 bits per heavy atom. The molecule has 10 aromatic rings. The molecule has 10 rings (SSSR count). The topological polar surface area (TPSA) is 13.1 Å². The Balaban J connectivity index is 1.31. The molecule has 0 N–H and O–H groups in total. The van der Waals surface area contributed by atoms with Gasteiger partial charge in [0.05, 0.1) is 0 Å². The van der Waals surface area contributed by atoms with E-state index < -0.39 is 0 Å². The van der Waals surface area contributed by atoms with E-state index in [9.17, 15) is 0 Å². The van der Waals surface area contributed by atoms with Gasteiger partial charge in [-0.25, -0.2) is 0 Å². The first-order valence-corrected chi connectivity index (χ1v) is 17.5. The summed E-state index contributed by atoms with van der Waals surface area (Å²) in [6.07, 6.45) is 0. The molecule has 51 heavy (non-hydrogen) atoms. The SMILES string of the molecule is c1ccc(-c2ccc3c(c2)oc2cccc(-c4c5ccccc5c(-c5c(-c6ccccc6)cccc5-c5ccccc5)c5ccccc45)c23)cc1. The van der Waals surface area contributed by atoms with E-state index in [-0.39, 0.29) is 0 Å². The molecule has 238 valence electrons. The highest BCUT2D eigenvalue weighted by atomic mass is 16.3. The summed E-state index contributed by atoms with van der Waals surface area (Å²) >= 11 is 0. The van der Waals surface area contributed by atoms with Crippen LogP contribution in [-0.2, 0) is 0 Å². The van der Waals surface area contributed by atoms with Crippen LogP contribution in [0.4, 0.5) is 0 Å². The second kappa shape index (κ2) is 12.0. The van der Waals surface area contributed by atoms with E-state index in [2.05, 4.69) is 194 Å². The molecule has 0 atom stereocenters. The Morgan fingerprint density at radius 2 is 0.725 bits per heavy atom. The van der Waals surface area contributed by atoms with Gasteiger partial charge in [-0.2, -0.15) is 0 Å². The van der Waals surface area contributed by atoms with Crippen molar-refractivity contribution < 1.29 is 4.42 Å². The summed E-state index contributed by atoms with van der Waals surface area (Å²) < 4.78 is 6.62. The van der Waals surface area contributed by atoms with Crippen LogP contribution in [0.1, 0.15) is 0 Å². The van der Waals surface area contributed by atoms with E-state index >= 15 is 0 Å². The molecule has 0 aliphatic carbocycles. The molecule has 0 aliphatic rings. The van der Waals surface area contributed by atoms with Gasteiger partial charge in [0.2, 0.25) is 0 Å². The second-order valence-corrected chi connectivity index (χ2v) is 13.2. The maximum atomic E-state index is 6.62. The molecule has 1 heterocycles. The molecule has 0 saturated carbocycles. The molecular formula is C50H32O. The number of hydrogen-bond donors (Lipinski definition) is 0. The van der Waals surface area contributed by atoms with Gasteiger partial charge in [0, 0.05) is 10.8 Å². The summed E-state index contributed by atoms with van der Waals surface area (Å²) in [6, 6.07) is 69.9. The second-order valence-electron chi connectivity index (χ2n) is 13.2. The average Bonchev–Trinajstić information content (AvgIpc) is 3.59. The van der Waals surface area contributed by atoms with E-state index in [1.165, 1.54) is 71.6 Å². The lowest BCUT2D eigenvalue weighted by atomic mass is 9.80. The lowest BCUT2D eigenvalue weighted by Crippen LogP contribution is -1.95. The van der Waals surface area contributed by atoms with Crippen LogP contribution in [-0.4, -0.2) is 0 Å². The summed E-state index contributed by atoms with van der Waals surface area (Å²) in [6.45, 7) is 0. The summed E-state index contributed by atoms with van der Waals surface area (Å²) in [4.78, 5) is 0. The third kappa shape index (κ3) is 4.78. The van der Waals surface area contributed by atoms with Crippen LogP contribution in [0.5, 0.6) is 0 Å². The maximum Gasteiger partial charge on any atom is 0.136 e. The molecule has 1 nitrogen and oxygen atoms in total. The van der Waals surface area contributed by atoms with Gasteiger partial charge >= 0.3 is 0 Å². The molecule has 0 unspecified atom stereocenters. The van der Waals surface area contributed by atoms with Gasteiger partial charge < -0.3 is 4.42 Å². The Morgan fingerprint density at radius 3 is 1.29 bits per heavy atom. The number of rotatable bonds is 5. The van der Waals surface area contributed by atoms with E-state index in [4.69, 9.17) is 4.42 Å². The lowest BCUT2D eigenvalue weighted by Gasteiger charge is -2.22. The highest BCUT2D eigenvalue weighted by Crippen LogP contribution is 2.50. The Hall–Kier alpha value is -6.70.